The molecule has 0 bridgehead atoms. The summed E-state index contributed by atoms with van der Waals surface area (Å²) in [7, 11) is 0. The molecule has 1 fully saturated rings. The molecule has 1 aliphatic rings. The highest BCUT2D eigenvalue weighted by atomic mass is 16.5. The van der Waals surface area contributed by atoms with Gasteiger partial charge in [-0.3, -0.25) is 4.98 Å². The van der Waals surface area contributed by atoms with Gasteiger partial charge in [0.1, 0.15) is 11.6 Å². The van der Waals surface area contributed by atoms with Crippen molar-refractivity contribution in [3.05, 3.63) is 47.7 Å². The van der Waals surface area contributed by atoms with Gasteiger partial charge in [0.15, 0.2) is 0 Å². The van der Waals surface area contributed by atoms with Gasteiger partial charge in [-0.05, 0) is 31.4 Å². The third-order valence-electron chi connectivity index (χ3n) is 4.25. The molecule has 6 heteroatoms. The van der Waals surface area contributed by atoms with Gasteiger partial charge < -0.3 is 14.8 Å². The van der Waals surface area contributed by atoms with E-state index in [1.165, 1.54) is 0 Å². The van der Waals surface area contributed by atoms with Crippen LogP contribution in [0.4, 0.5) is 5.82 Å². The number of nitrogens with one attached hydrogen (secondary N) is 1. The number of ether oxygens (including phenoxy) is 2. The second-order valence-electron chi connectivity index (χ2n) is 6.66. The molecule has 134 valence electrons. The van der Waals surface area contributed by atoms with Crippen molar-refractivity contribution in [2.75, 3.05) is 18.5 Å². The van der Waals surface area contributed by atoms with E-state index in [0.717, 1.165) is 29.5 Å². The van der Waals surface area contributed by atoms with Gasteiger partial charge in [0, 0.05) is 24.6 Å². The molecule has 3 rings (SSSR count). The molecule has 3 heterocycles. The van der Waals surface area contributed by atoms with Crippen LogP contribution in [0.3, 0.4) is 0 Å². The van der Waals surface area contributed by atoms with E-state index in [0.29, 0.717) is 25.7 Å². The van der Waals surface area contributed by atoms with E-state index in [-0.39, 0.29) is 12.1 Å². The Bertz CT molecular complexity index is 678. The monoisotopic (exact) mass is 342 g/mol. The lowest BCUT2D eigenvalue weighted by molar-refractivity contribution is -0.0487. The van der Waals surface area contributed by atoms with Crippen molar-refractivity contribution >= 4 is 5.82 Å². The smallest absolute Gasteiger partial charge is 0.130 e. The fourth-order valence-electron chi connectivity index (χ4n) is 2.88. The Morgan fingerprint density at radius 2 is 2.20 bits per heavy atom. The molecule has 0 radical (unpaired) electrons. The van der Waals surface area contributed by atoms with Crippen molar-refractivity contribution < 1.29 is 9.47 Å². The number of hydrogen-bond donors (Lipinski definition) is 1. The summed E-state index contributed by atoms with van der Waals surface area (Å²) < 4.78 is 11.8. The molecule has 0 amide bonds. The summed E-state index contributed by atoms with van der Waals surface area (Å²) >= 11 is 0. The van der Waals surface area contributed by atoms with Crippen LogP contribution in [0.15, 0.2) is 30.5 Å². The van der Waals surface area contributed by atoms with Crippen molar-refractivity contribution in [3.8, 4) is 0 Å². The van der Waals surface area contributed by atoms with E-state index >= 15 is 0 Å². The first kappa shape index (κ1) is 17.8. The zero-order valence-corrected chi connectivity index (χ0v) is 15.1. The molecule has 25 heavy (non-hydrogen) atoms. The number of anilines is 1. The van der Waals surface area contributed by atoms with Gasteiger partial charge in [-0.1, -0.05) is 19.9 Å². The van der Waals surface area contributed by atoms with Gasteiger partial charge in [-0.15, -0.1) is 0 Å². The topological polar surface area (TPSA) is 69.2 Å². The van der Waals surface area contributed by atoms with Gasteiger partial charge in [-0.25, -0.2) is 9.97 Å². The maximum atomic E-state index is 6.11. The maximum absolute atomic E-state index is 6.11. The first-order valence-electron chi connectivity index (χ1n) is 8.83. The van der Waals surface area contributed by atoms with E-state index in [2.05, 4.69) is 34.1 Å². The minimum Gasteiger partial charge on any atom is -0.379 e. The predicted octanol–water partition coefficient (Wildman–Crippen LogP) is 3.09. The van der Waals surface area contributed by atoms with Crippen LogP contribution in [-0.2, 0) is 16.1 Å². The first-order chi connectivity index (χ1) is 12.1. The molecule has 2 aromatic heterocycles. The van der Waals surface area contributed by atoms with Gasteiger partial charge >= 0.3 is 0 Å². The molecule has 6 nitrogen and oxygen atoms in total. The highest BCUT2D eigenvalue weighted by molar-refractivity contribution is 5.38. The number of aromatic nitrogens is 3. The van der Waals surface area contributed by atoms with Crippen molar-refractivity contribution in [3.63, 3.8) is 0 Å². The highest BCUT2D eigenvalue weighted by Gasteiger charge is 2.27. The Hall–Kier alpha value is -2.05. The standard InChI is InChI=1S/C19H26N4O2/c1-13(2)16-10-19(22-14(3)21-16)23-17-12-24-9-7-18(17)25-11-15-6-4-5-8-20-15/h4-6,8,10,13,17-18H,7,9,11-12H2,1-3H3,(H,21,22,23)/t17-,18-/m1/s1. The van der Waals surface area contributed by atoms with E-state index in [4.69, 9.17) is 9.47 Å². The van der Waals surface area contributed by atoms with Gasteiger partial charge in [0.2, 0.25) is 0 Å². The van der Waals surface area contributed by atoms with Crippen LogP contribution >= 0.6 is 0 Å². The molecule has 0 aliphatic carbocycles. The van der Waals surface area contributed by atoms with Crippen LogP contribution in [0, 0.1) is 6.92 Å². The summed E-state index contributed by atoms with van der Waals surface area (Å²) in [5, 5.41) is 3.48. The van der Waals surface area contributed by atoms with E-state index < -0.39 is 0 Å². The molecule has 0 saturated carbocycles. The second kappa shape index (κ2) is 8.36. The maximum Gasteiger partial charge on any atom is 0.130 e. The van der Waals surface area contributed by atoms with Crippen molar-refractivity contribution in [1.82, 2.24) is 15.0 Å². The molecule has 0 unspecified atom stereocenters. The van der Waals surface area contributed by atoms with Crippen LogP contribution in [0.1, 0.15) is 43.4 Å². The summed E-state index contributed by atoms with van der Waals surface area (Å²) in [6, 6.07) is 7.94. The highest BCUT2D eigenvalue weighted by Crippen LogP contribution is 2.20. The fraction of sp³-hybridized carbons (Fsp3) is 0.526. The molecule has 2 atom stereocenters. The molecular formula is C19H26N4O2. The first-order valence-corrected chi connectivity index (χ1v) is 8.83. The molecule has 0 spiro atoms. The lowest BCUT2D eigenvalue weighted by atomic mass is 10.1. The Morgan fingerprint density at radius 3 is 2.96 bits per heavy atom. The zero-order chi connectivity index (χ0) is 17.6. The van der Waals surface area contributed by atoms with Crippen molar-refractivity contribution in [2.45, 2.75) is 51.9 Å². The largest absolute Gasteiger partial charge is 0.379 e. The van der Waals surface area contributed by atoms with Gasteiger partial charge in [0.05, 0.1) is 31.1 Å². The van der Waals surface area contributed by atoms with Crippen LogP contribution in [0.25, 0.3) is 0 Å². The molecule has 0 aromatic carbocycles. The summed E-state index contributed by atoms with van der Waals surface area (Å²) in [5.74, 6) is 1.97. The Balaban J connectivity index is 1.67. The molecule has 1 saturated heterocycles. The SMILES string of the molecule is Cc1nc(N[C@@H]2COCC[C@H]2OCc2ccccn2)cc(C(C)C)n1. The van der Waals surface area contributed by atoms with E-state index in [9.17, 15) is 0 Å². The lowest BCUT2D eigenvalue weighted by Gasteiger charge is -2.32. The third-order valence-corrected chi connectivity index (χ3v) is 4.25. The number of rotatable bonds is 6. The summed E-state index contributed by atoms with van der Waals surface area (Å²) in [6.45, 7) is 8.01. The average molecular weight is 342 g/mol. The summed E-state index contributed by atoms with van der Waals surface area (Å²) in [4.78, 5) is 13.3. The number of hydrogen-bond acceptors (Lipinski definition) is 6. The van der Waals surface area contributed by atoms with Crippen LogP contribution in [-0.4, -0.2) is 40.3 Å². The number of pyridine rings is 1. The van der Waals surface area contributed by atoms with E-state index in [1.807, 2.05) is 31.2 Å². The predicted molar refractivity (Wildman–Crippen MR) is 96.5 cm³/mol. The Kier molecular flexibility index (Phi) is 5.94. The van der Waals surface area contributed by atoms with Crippen LogP contribution < -0.4 is 5.32 Å². The van der Waals surface area contributed by atoms with Gasteiger partial charge in [0.25, 0.3) is 0 Å². The number of aryl methyl sites for hydroxylation is 1. The average Bonchev–Trinajstić information content (AvgIpc) is 2.61. The van der Waals surface area contributed by atoms with Crippen LogP contribution in [0.5, 0.6) is 0 Å². The van der Waals surface area contributed by atoms with Crippen molar-refractivity contribution in [1.29, 1.82) is 0 Å². The summed E-state index contributed by atoms with van der Waals surface area (Å²) in [6.07, 6.45) is 2.70. The normalized spacial score (nSPS) is 20.6. The molecule has 1 aliphatic heterocycles. The third kappa shape index (κ3) is 4.96. The van der Waals surface area contributed by atoms with Crippen molar-refractivity contribution in [2.24, 2.45) is 0 Å². The van der Waals surface area contributed by atoms with E-state index in [1.54, 1.807) is 6.20 Å². The number of nitrogens with zero attached hydrogens (tertiary/aromatic N) is 3. The van der Waals surface area contributed by atoms with Gasteiger partial charge in [-0.2, -0.15) is 0 Å². The second-order valence-corrected chi connectivity index (χ2v) is 6.66. The Morgan fingerprint density at radius 1 is 1.32 bits per heavy atom. The lowest BCUT2D eigenvalue weighted by Crippen LogP contribution is -2.44. The quantitative estimate of drug-likeness (QED) is 0.870. The minimum atomic E-state index is 0.0618. The molecular weight excluding hydrogens is 316 g/mol. The van der Waals surface area contributed by atoms with Crippen LogP contribution in [0.2, 0.25) is 0 Å². The summed E-state index contributed by atoms with van der Waals surface area (Å²) in [5.41, 5.74) is 1.98. The molecule has 1 N–H and O–H groups in total. The molecule has 2 aromatic rings. The fourth-order valence-corrected chi connectivity index (χ4v) is 2.88. The Labute approximate surface area is 149 Å². The minimum absolute atomic E-state index is 0.0618. The zero-order valence-electron chi connectivity index (χ0n) is 15.1.